The number of anilines is 3. The average molecular weight is 420 g/mol. The van der Waals surface area contributed by atoms with Crippen molar-refractivity contribution in [3.05, 3.63) is 119 Å². The van der Waals surface area contributed by atoms with Gasteiger partial charge in [0.05, 0.1) is 6.61 Å². The minimum Gasteiger partial charge on any atom is -0.494 e. The maximum Gasteiger partial charge on any atom is 0.119 e. The summed E-state index contributed by atoms with van der Waals surface area (Å²) >= 11 is 0. The summed E-state index contributed by atoms with van der Waals surface area (Å²) in [6, 6.07) is 34.2. The van der Waals surface area contributed by atoms with Crippen molar-refractivity contribution in [2.45, 2.75) is 20.8 Å². The van der Waals surface area contributed by atoms with E-state index in [0.29, 0.717) is 6.61 Å². The lowest BCUT2D eigenvalue weighted by Gasteiger charge is -2.25. The summed E-state index contributed by atoms with van der Waals surface area (Å²) in [7, 11) is 0. The normalized spacial score (nSPS) is 11.0. The zero-order valence-corrected chi connectivity index (χ0v) is 19.0. The average Bonchev–Trinajstić information content (AvgIpc) is 2.82. The van der Waals surface area contributed by atoms with Crippen LogP contribution in [0, 0.1) is 13.8 Å². The standard InChI is InChI=1S/C30H29NO/c1-4-32-30-7-5-6-26(22-30)13-12-25-14-20-29(21-15-25)31(27-16-8-23(2)9-17-27)28-18-10-24(3)11-19-28/h5-22H,4H2,1-3H3. The van der Waals surface area contributed by atoms with Crippen LogP contribution in [-0.2, 0) is 0 Å². The van der Waals surface area contributed by atoms with Crippen LogP contribution in [0.25, 0.3) is 12.2 Å². The number of nitrogens with zero attached hydrogens (tertiary/aromatic N) is 1. The van der Waals surface area contributed by atoms with Crippen molar-refractivity contribution < 1.29 is 4.74 Å². The van der Waals surface area contributed by atoms with Gasteiger partial charge in [0, 0.05) is 17.1 Å². The summed E-state index contributed by atoms with van der Waals surface area (Å²) in [4.78, 5) is 2.29. The molecule has 0 aliphatic heterocycles. The molecule has 2 nitrogen and oxygen atoms in total. The third-order valence-electron chi connectivity index (χ3n) is 5.37. The Morgan fingerprint density at radius 2 is 1.12 bits per heavy atom. The first-order valence-corrected chi connectivity index (χ1v) is 11.1. The van der Waals surface area contributed by atoms with Crippen LogP contribution in [0.4, 0.5) is 17.1 Å². The molecule has 0 unspecified atom stereocenters. The fourth-order valence-corrected chi connectivity index (χ4v) is 3.64. The monoisotopic (exact) mass is 419 g/mol. The lowest BCUT2D eigenvalue weighted by molar-refractivity contribution is 0.340. The molecule has 0 aromatic heterocycles. The van der Waals surface area contributed by atoms with E-state index < -0.39 is 0 Å². The summed E-state index contributed by atoms with van der Waals surface area (Å²) in [5.41, 5.74) is 8.22. The first kappa shape index (κ1) is 21.5. The molecule has 2 heteroatoms. The molecule has 0 saturated heterocycles. The Kier molecular flexibility index (Phi) is 6.72. The van der Waals surface area contributed by atoms with Gasteiger partial charge in [-0.1, -0.05) is 71.8 Å². The van der Waals surface area contributed by atoms with Crippen molar-refractivity contribution in [2.24, 2.45) is 0 Å². The second-order valence-electron chi connectivity index (χ2n) is 7.94. The Bertz CT molecular complexity index is 1130. The van der Waals surface area contributed by atoms with Gasteiger partial charge < -0.3 is 9.64 Å². The number of ether oxygens (including phenoxy) is 1. The number of aryl methyl sites for hydroxylation is 2. The van der Waals surface area contributed by atoms with Crippen molar-refractivity contribution >= 4 is 29.2 Å². The molecule has 4 rings (SSSR count). The second kappa shape index (κ2) is 10.0. The van der Waals surface area contributed by atoms with E-state index in [1.54, 1.807) is 0 Å². The van der Waals surface area contributed by atoms with E-state index in [-0.39, 0.29) is 0 Å². The van der Waals surface area contributed by atoms with Crippen LogP contribution < -0.4 is 9.64 Å². The van der Waals surface area contributed by atoms with E-state index in [1.165, 1.54) is 11.1 Å². The predicted octanol–water partition coefficient (Wildman–Crippen LogP) is 8.34. The Hall–Kier alpha value is -3.78. The van der Waals surface area contributed by atoms with Gasteiger partial charge in [-0.25, -0.2) is 0 Å². The van der Waals surface area contributed by atoms with Gasteiger partial charge in [-0.3, -0.25) is 0 Å². The Morgan fingerprint density at radius 3 is 1.66 bits per heavy atom. The van der Waals surface area contributed by atoms with Crippen molar-refractivity contribution in [1.29, 1.82) is 0 Å². The molecule has 0 aliphatic carbocycles. The Balaban J connectivity index is 1.61. The van der Waals surface area contributed by atoms with Crippen molar-refractivity contribution in [1.82, 2.24) is 0 Å². The fourth-order valence-electron chi connectivity index (χ4n) is 3.64. The zero-order valence-electron chi connectivity index (χ0n) is 19.0. The maximum absolute atomic E-state index is 5.60. The number of hydrogen-bond acceptors (Lipinski definition) is 2. The smallest absolute Gasteiger partial charge is 0.119 e. The predicted molar refractivity (Wildman–Crippen MR) is 137 cm³/mol. The Morgan fingerprint density at radius 1 is 0.625 bits per heavy atom. The van der Waals surface area contributed by atoms with Gasteiger partial charge in [0.1, 0.15) is 5.75 Å². The highest BCUT2D eigenvalue weighted by Crippen LogP contribution is 2.34. The first-order chi connectivity index (χ1) is 15.6. The van der Waals surface area contributed by atoms with E-state index in [9.17, 15) is 0 Å². The molecular weight excluding hydrogens is 390 g/mol. The summed E-state index contributed by atoms with van der Waals surface area (Å²) in [6.45, 7) is 6.91. The zero-order chi connectivity index (χ0) is 22.3. The van der Waals surface area contributed by atoms with Crippen LogP contribution in [0.3, 0.4) is 0 Å². The van der Waals surface area contributed by atoms with E-state index in [2.05, 4.69) is 116 Å². The Labute approximate surface area is 191 Å². The van der Waals surface area contributed by atoms with Crippen LogP contribution in [0.2, 0.25) is 0 Å². The van der Waals surface area contributed by atoms with Gasteiger partial charge in [-0.15, -0.1) is 0 Å². The highest BCUT2D eigenvalue weighted by atomic mass is 16.5. The maximum atomic E-state index is 5.60. The highest BCUT2D eigenvalue weighted by Gasteiger charge is 2.12. The quantitative estimate of drug-likeness (QED) is 0.279. The van der Waals surface area contributed by atoms with Gasteiger partial charge in [0.25, 0.3) is 0 Å². The molecule has 32 heavy (non-hydrogen) atoms. The number of rotatable bonds is 7. The minimum atomic E-state index is 0.674. The third-order valence-corrected chi connectivity index (χ3v) is 5.37. The molecule has 0 spiro atoms. The summed E-state index contributed by atoms with van der Waals surface area (Å²) in [5, 5.41) is 0. The summed E-state index contributed by atoms with van der Waals surface area (Å²) in [5.74, 6) is 0.900. The first-order valence-electron chi connectivity index (χ1n) is 11.1. The van der Waals surface area contributed by atoms with Crippen LogP contribution in [0.5, 0.6) is 5.75 Å². The van der Waals surface area contributed by atoms with E-state index >= 15 is 0 Å². The molecule has 0 radical (unpaired) electrons. The number of benzene rings is 4. The molecular formula is C30H29NO. The molecule has 0 bridgehead atoms. The van der Waals surface area contributed by atoms with E-state index in [4.69, 9.17) is 4.74 Å². The van der Waals surface area contributed by atoms with Crippen LogP contribution in [-0.4, -0.2) is 6.61 Å². The molecule has 4 aromatic rings. The molecule has 0 saturated carbocycles. The molecule has 4 aromatic carbocycles. The van der Waals surface area contributed by atoms with Gasteiger partial charge in [-0.2, -0.15) is 0 Å². The minimum absolute atomic E-state index is 0.674. The summed E-state index contributed by atoms with van der Waals surface area (Å²) < 4.78 is 5.60. The second-order valence-corrected chi connectivity index (χ2v) is 7.94. The van der Waals surface area contributed by atoms with Crippen LogP contribution >= 0.6 is 0 Å². The number of hydrogen-bond donors (Lipinski definition) is 0. The molecule has 0 atom stereocenters. The van der Waals surface area contributed by atoms with Crippen molar-refractivity contribution in [2.75, 3.05) is 11.5 Å². The van der Waals surface area contributed by atoms with E-state index in [0.717, 1.165) is 33.9 Å². The molecule has 0 fully saturated rings. The van der Waals surface area contributed by atoms with Gasteiger partial charge in [-0.05, 0) is 80.4 Å². The van der Waals surface area contributed by atoms with E-state index in [1.807, 2.05) is 19.1 Å². The lowest BCUT2D eigenvalue weighted by Crippen LogP contribution is -2.09. The van der Waals surface area contributed by atoms with Crippen molar-refractivity contribution in [3.8, 4) is 5.75 Å². The van der Waals surface area contributed by atoms with Gasteiger partial charge in [0.15, 0.2) is 0 Å². The molecule has 0 heterocycles. The summed E-state index contributed by atoms with van der Waals surface area (Å²) in [6.07, 6.45) is 4.26. The lowest BCUT2D eigenvalue weighted by atomic mass is 10.1. The fraction of sp³-hybridized carbons (Fsp3) is 0.133. The molecule has 160 valence electrons. The largest absolute Gasteiger partial charge is 0.494 e. The van der Waals surface area contributed by atoms with Crippen LogP contribution in [0.1, 0.15) is 29.2 Å². The van der Waals surface area contributed by atoms with Gasteiger partial charge in [0.2, 0.25) is 0 Å². The van der Waals surface area contributed by atoms with Gasteiger partial charge >= 0.3 is 0 Å². The molecule has 0 aliphatic rings. The molecule has 0 amide bonds. The topological polar surface area (TPSA) is 12.5 Å². The SMILES string of the molecule is CCOc1cccc(C=Cc2ccc(N(c3ccc(C)cc3)c3ccc(C)cc3)cc2)c1. The van der Waals surface area contributed by atoms with Crippen molar-refractivity contribution in [3.63, 3.8) is 0 Å². The third kappa shape index (κ3) is 5.28. The highest BCUT2D eigenvalue weighted by molar-refractivity contribution is 5.78. The van der Waals surface area contributed by atoms with Crippen LogP contribution in [0.15, 0.2) is 97.1 Å². The molecule has 0 N–H and O–H groups in total.